The molecule has 1 unspecified atom stereocenters. The van der Waals surface area contributed by atoms with Crippen molar-refractivity contribution in [2.75, 3.05) is 34.4 Å². The molecule has 0 aromatic heterocycles. The summed E-state index contributed by atoms with van der Waals surface area (Å²) >= 11 is 0. The number of hydrogen-bond acceptors (Lipinski definition) is 4. The standard InChI is InChI=1S/C21H29N3O3/c1-16(27-20-11-6-5-10-19(20)26-4)15-24-21(22-2)23-13-12-17-8-7-9-18(14-17)25-3/h5-11,14,16H,12-13,15H2,1-4H3,(H2,22,23,24). The van der Waals surface area contributed by atoms with Gasteiger partial charge in [0.1, 0.15) is 11.9 Å². The second-order valence-electron chi connectivity index (χ2n) is 6.06. The molecule has 0 saturated carbocycles. The van der Waals surface area contributed by atoms with Crippen LogP contribution in [0.3, 0.4) is 0 Å². The van der Waals surface area contributed by atoms with E-state index in [4.69, 9.17) is 14.2 Å². The number of methoxy groups -OCH3 is 2. The van der Waals surface area contributed by atoms with Gasteiger partial charge in [0.2, 0.25) is 0 Å². The van der Waals surface area contributed by atoms with Crippen LogP contribution in [0.1, 0.15) is 12.5 Å². The van der Waals surface area contributed by atoms with Gasteiger partial charge in [-0.2, -0.15) is 0 Å². The maximum atomic E-state index is 5.95. The van der Waals surface area contributed by atoms with Crippen LogP contribution in [0.25, 0.3) is 0 Å². The van der Waals surface area contributed by atoms with Crippen molar-refractivity contribution in [1.29, 1.82) is 0 Å². The third-order valence-electron chi connectivity index (χ3n) is 4.02. The maximum absolute atomic E-state index is 5.95. The van der Waals surface area contributed by atoms with Crippen molar-refractivity contribution in [3.05, 3.63) is 54.1 Å². The van der Waals surface area contributed by atoms with Gasteiger partial charge in [0.25, 0.3) is 0 Å². The zero-order chi connectivity index (χ0) is 19.5. The van der Waals surface area contributed by atoms with Crippen molar-refractivity contribution in [2.45, 2.75) is 19.4 Å². The van der Waals surface area contributed by atoms with Crippen LogP contribution in [0.15, 0.2) is 53.5 Å². The highest BCUT2D eigenvalue weighted by Gasteiger charge is 2.09. The van der Waals surface area contributed by atoms with Crippen molar-refractivity contribution in [1.82, 2.24) is 10.6 Å². The van der Waals surface area contributed by atoms with E-state index in [1.165, 1.54) is 5.56 Å². The number of nitrogens with zero attached hydrogens (tertiary/aromatic N) is 1. The van der Waals surface area contributed by atoms with E-state index in [-0.39, 0.29) is 6.10 Å². The quantitative estimate of drug-likeness (QED) is 0.524. The first-order valence-electron chi connectivity index (χ1n) is 9.03. The lowest BCUT2D eigenvalue weighted by molar-refractivity contribution is 0.213. The van der Waals surface area contributed by atoms with Gasteiger partial charge in [-0.15, -0.1) is 0 Å². The van der Waals surface area contributed by atoms with Gasteiger partial charge in [-0.25, -0.2) is 0 Å². The molecule has 2 N–H and O–H groups in total. The number of nitrogens with one attached hydrogen (secondary N) is 2. The van der Waals surface area contributed by atoms with Gasteiger partial charge >= 0.3 is 0 Å². The molecule has 0 spiro atoms. The molecule has 6 heteroatoms. The van der Waals surface area contributed by atoms with Crippen molar-refractivity contribution >= 4 is 5.96 Å². The second kappa shape index (κ2) is 11.0. The van der Waals surface area contributed by atoms with Crippen molar-refractivity contribution in [3.63, 3.8) is 0 Å². The summed E-state index contributed by atoms with van der Waals surface area (Å²) in [5.74, 6) is 3.08. The number of para-hydroxylation sites is 2. The van der Waals surface area contributed by atoms with Crippen molar-refractivity contribution < 1.29 is 14.2 Å². The minimum Gasteiger partial charge on any atom is -0.497 e. The van der Waals surface area contributed by atoms with Gasteiger partial charge in [0, 0.05) is 13.6 Å². The number of ether oxygens (including phenoxy) is 3. The second-order valence-corrected chi connectivity index (χ2v) is 6.06. The summed E-state index contributed by atoms with van der Waals surface area (Å²) in [6, 6.07) is 15.7. The fraction of sp³-hybridized carbons (Fsp3) is 0.381. The molecular weight excluding hydrogens is 342 g/mol. The third-order valence-corrected chi connectivity index (χ3v) is 4.02. The minimum atomic E-state index is -0.0433. The van der Waals surface area contributed by atoms with E-state index in [1.54, 1.807) is 21.3 Å². The zero-order valence-corrected chi connectivity index (χ0v) is 16.5. The largest absolute Gasteiger partial charge is 0.497 e. The van der Waals surface area contributed by atoms with E-state index in [0.29, 0.717) is 6.54 Å². The molecular formula is C21H29N3O3. The highest BCUT2D eigenvalue weighted by molar-refractivity contribution is 5.79. The molecule has 0 aliphatic rings. The fourth-order valence-electron chi connectivity index (χ4n) is 2.59. The van der Waals surface area contributed by atoms with Crippen LogP contribution < -0.4 is 24.8 Å². The Morgan fingerprint density at radius 1 is 1.00 bits per heavy atom. The third kappa shape index (κ3) is 6.73. The van der Waals surface area contributed by atoms with E-state index in [2.05, 4.69) is 21.7 Å². The van der Waals surface area contributed by atoms with Gasteiger partial charge in [0.15, 0.2) is 17.5 Å². The van der Waals surface area contributed by atoms with E-state index in [0.717, 1.165) is 36.2 Å². The minimum absolute atomic E-state index is 0.0433. The van der Waals surface area contributed by atoms with Crippen LogP contribution in [0.4, 0.5) is 0 Å². The van der Waals surface area contributed by atoms with Gasteiger partial charge in [0.05, 0.1) is 20.8 Å². The predicted molar refractivity (Wildman–Crippen MR) is 109 cm³/mol. The summed E-state index contributed by atoms with van der Waals surface area (Å²) < 4.78 is 16.5. The molecule has 1 atom stereocenters. The van der Waals surface area contributed by atoms with Crippen LogP contribution in [0.2, 0.25) is 0 Å². The Bertz CT molecular complexity index is 734. The first-order chi connectivity index (χ1) is 13.2. The average Bonchev–Trinajstić information content (AvgIpc) is 2.71. The summed E-state index contributed by atoms with van der Waals surface area (Å²) in [5.41, 5.74) is 1.21. The molecule has 0 radical (unpaired) electrons. The van der Waals surface area contributed by atoms with Crippen LogP contribution in [-0.2, 0) is 6.42 Å². The monoisotopic (exact) mass is 371 g/mol. The molecule has 0 fully saturated rings. The normalized spacial score (nSPS) is 12.2. The lowest BCUT2D eigenvalue weighted by Crippen LogP contribution is -2.42. The molecule has 0 bridgehead atoms. The topological polar surface area (TPSA) is 64.1 Å². The molecule has 0 aliphatic carbocycles. The van der Waals surface area contributed by atoms with Gasteiger partial charge < -0.3 is 24.8 Å². The molecule has 0 heterocycles. The lowest BCUT2D eigenvalue weighted by atomic mass is 10.1. The fourth-order valence-corrected chi connectivity index (χ4v) is 2.59. The van der Waals surface area contributed by atoms with Crippen LogP contribution in [0, 0.1) is 0 Å². The first kappa shape index (κ1) is 20.4. The van der Waals surface area contributed by atoms with Crippen LogP contribution in [0.5, 0.6) is 17.2 Å². The van der Waals surface area contributed by atoms with E-state index >= 15 is 0 Å². The number of rotatable bonds is 9. The van der Waals surface area contributed by atoms with Gasteiger partial charge in [-0.3, -0.25) is 4.99 Å². The molecule has 0 aliphatic heterocycles. The number of guanidine groups is 1. The zero-order valence-electron chi connectivity index (χ0n) is 16.5. The van der Waals surface area contributed by atoms with Crippen LogP contribution >= 0.6 is 0 Å². The molecule has 6 nitrogen and oxygen atoms in total. The first-order valence-corrected chi connectivity index (χ1v) is 9.03. The average molecular weight is 371 g/mol. The highest BCUT2D eigenvalue weighted by Crippen LogP contribution is 2.26. The van der Waals surface area contributed by atoms with Crippen molar-refractivity contribution in [3.8, 4) is 17.2 Å². The Morgan fingerprint density at radius 2 is 1.78 bits per heavy atom. The number of benzene rings is 2. The summed E-state index contributed by atoms with van der Waals surface area (Å²) in [6.07, 6.45) is 0.837. The molecule has 2 aromatic rings. The van der Waals surface area contributed by atoms with Crippen LogP contribution in [-0.4, -0.2) is 46.4 Å². The van der Waals surface area contributed by atoms with Gasteiger partial charge in [-0.1, -0.05) is 24.3 Å². The Hall–Kier alpha value is -2.89. The maximum Gasteiger partial charge on any atom is 0.191 e. The summed E-state index contributed by atoms with van der Waals surface area (Å²) in [5, 5.41) is 6.60. The molecule has 2 aromatic carbocycles. The Kier molecular flexibility index (Phi) is 8.29. The molecule has 0 saturated heterocycles. The Balaban J connectivity index is 1.76. The lowest BCUT2D eigenvalue weighted by Gasteiger charge is -2.19. The SMILES string of the molecule is CN=C(NCCc1cccc(OC)c1)NCC(C)Oc1ccccc1OC. The molecule has 146 valence electrons. The molecule has 0 amide bonds. The highest BCUT2D eigenvalue weighted by atomic mass is 16.5. The van der Waals surface area contributed by atoms with E-state index < -0.39 is 0 Å². The van der Waals surface area contributed by atoms with E-state index in [1.807, 2.05) is 49.4 Å². The number of hydrogen-bond donors (Lipinski definition) is 2. The summed E-state index contributed by atoms with van der Waals surface area (Å²) in [4.78, 5) is 4.26. The Labute approximate surface area is 161 Å². The van der Waals surface area contributed by atoms with Crippen molar-refractivity contribution in [2.24, 2.45) is 4.99 Å². The predicted octanol–water partition coefficient (Wildman–Crippen LogP) is 2.88. The molecule has 2 rings (SSSR count). The molecule has 27 heavy (non-hydrogen) atoms. The summed E-state index contributed by atoms with van der Waals surface area (Å²) in [7, 11) is 5.07. The summed E-state index contributed by atoms with van der Waals surface area (Å²) in [6.45, 7) is 3.40. The van der Waals surface area contributed by atoms with Gasteiger partial charge in [-0.05, 0) is 43.2 Å². The van der Waals surface area contributed by atoms with E-state index in [9.17, 15) is 0 Å². The number of aliphatic imine (C=N–C) groups is 1. The Morgan fingerprint density at radius 3 is 2.48 bits per heavy atom. The smallest absolute Gasteiger partial charge is 0.191 e.